The Kier molecular flexibility index (Phi) is 4.35. The second-order valence-corrected chi connectivity index (χ2v) is 7.70. The monoisotopic (exact) mass is 418 g/mol. The molecule has 0 spiro atoms. The Labute approximate surface area is 127 Å². The minimum atomic E-state index is -0.242. The van der Waals surface area contributed by atoms with Crippen molar-refractivity contribution in [1.82, 2.24) is 0 Å². The Balaban J connectivity index is 2.38. The molecule has 0 fully saturated rings. The van der Waals surface area contributed by atoms with Gasteiger partial charge < -0.3 is 0 Å². The molecule has 0 aromatic heterocycles. The van der Waals surface area contributed by atoms with E-state index in [1.807, 2.05) is 0 Å². The molecular formula is C13H13AsBr2O. The van der Waals surface area contributed by atoms with Gasteiger partial charge in [-0.25, -0.2) is 0 Å². The zero-order valence-corrected chi connectivity index (χ0v) is 15.0. The van der Waals surface area contributed by atoms with E-state index in [2.05, 4.69) is 74.4 Å². The van der Waals surface area contributed by atoms with Crippen molar-refractivity contribution in [3.8, 4) is 0 Å². The molecule has 0 radical (unpaired) electrons. The van der Waals surface area contributed by atoms with Crippen LogP contribution in [0.3, 0.4) is 0 Å². The summed E-state index contributed by atoms with van der Waals surface area (Å²) < 4.78 is 7.64. The van der Waals surface area contributed by atoms with Crippen LogP contribution < -0.4 is 0 Å². The molecule has 0 heterocycles. The fourth-order valence-corrected chi connectivity index (χ4v) is 4.22. The standard InChI is InChI=1S/C13H13AsBr2O/c1-17-13(14)8-11(16)6-7-12(13)9-2-4-10(15)5-3-9/h2-8,12H,14H2,1H3. The van der Waals surface area contributed by atoms with E-state index in [-0.39, 0.29) is 10.3 Å². The number of hydrogen-bond acceptors (Lipinski definition) is 1. The van der Waals surface area contributed by atoms with Crippen molar-refractivity contribution in [3.05, 3.63) is 57.0 Å². The molecule has 0 N–H and O–H groups in total. The molecule has 4 heteroatoms. The van der Waals surface area contributed by atoms with Crippen LogP contribution in [-0.4, -0.2) is 28.4 Å². The Bertz CT molecular complexity index is 467. The van der Waals surface area contributed by atoms with Crippen molar-refractivity contribution < 1.29 is 4.74 Å². The molecule has 1 nitrogen and oxygen atoms in total. The van der Waals surface area contributed by atoms with Gasteiger partial charge in [-0.3, -0.25) is 0 Å². The van der Waals surface area contributed by atoms with Gasteiger partial charge in [0.2, 0.25) is 0 Å². The number of ether oxygens (including phenoxy) is 1. The molecule has 1 aromatic rings. The molecule has 1 aliphatic rings. The zero-order chi connectivity index (χ0) is 12.5. The van der Waals surface area contributed by atoms with Crippen LogP contribution in [0.5, 0.6) is 0 Å². The molecule has 0 bridgehead atoms. The first-order valence-electron chi connectivity index (χ1n) is 5.21. The van der Waals surface area contributed by atoms with Crippen molar-refractivity contribution in [2.75, 3.05) is 7.11 Å². The maximum absolute atomic E-state index is 5.70. The van der Waals surface area contributed by atoms with Crippen LogP contribution >= 0.6 is 31.9 Å². The summed E-state index contributed by atoms with van der Waals surface area (Å²) in [6.07, 6.45) is 6.42. The summed E-state index contributed by atoms with van der Waals surface area (Å²) in [6, 6.07) is 8.41. The van der Waals surface area contributed by atoms with Gasteiger partial charge >= 0.3 is 128 Å². The molecule has 1 aliphatic carbocycles. The second kappa shape index (κ2) is 5.44. The first-order valence-corrected chi connectivity index (χ1v) is 8.01. The third-order valence-electron chi connectivity index (χ3n) is 2.88. The molecule has 3 atom stereocenters. The average molecular weight is 420 g/mol. The SMILES string of the molecule is COC1([AsH2])C=C(Br)C=CC1c1ccc(Br)cc1. The Morgan fingerprint density at radius 1 is 1.24 bits per heavy atom. The van der Waals surface area contributed by atoms with Gasteiger partial charge in [-0.15, -0.1) is 0 Å². The van der Waals surface area contributed by atoms with Crippen molar-refractivity contribution in [2.45, 2.75) is 10.3 Å². The van der Waals surface area contributed by atoms with Crippen LogP contribution in [0.2, 0.25) is 0 Å². The summed E-state index contributed by atoms with van der Waals surface area (Å²) in [6.45, 7) is 0. The van der Waals surface area contributed by atoms with E-state index in [0.29, 0.717) is 0 Å². The molecule has 3 unspecified atom stereocenters. The second-order valence-electron chi connectivity index (χ2n) is 3.98. The first kappa shape index (κ1) is 13.6. The van der Waals surface area contributed by atoms with Crippen molar-refractivity contribution in [2.24, 2.45) is 0 Å². The Morgan fingerprint density at radius 2 is 1.88 bits per heavy atom. The summed E-state index contributed by atoms with van der Waals surface area (Å²) in [4.78, 5) is 0. The molecule has 1 aromatic carbocycles. The number of rotatable bonds is 2. The van der Waals surface area contributed by atoms with Crippen LogP contribution in [0.25, 0.3) is 0 Å². The van der Waals surface area contributed by atoms with E-state index < -0.39 is 0 Å². The topological polar surface area (TPSA) is 9.23 Å². The van der Waals surface area contributed by atoms with Gasteiger partial charge in [-0.05, 0) is 0 Å². The quantitative estimate of drug-likeness (QED) is 0.668. The molecule has 0 amide bonds. The Morgan fingerprint density at radius 3 is 2.47 bits per heavy atom. The number of hydrogen-bond donors (Lipinski definition) is 0. The Hall–Kier alpha value is 0.178. The summed E-state index contributed by atoms with van der Waals surface area (Å²) in [5.74, 6) is 0.266. The molecule has 17 heavy (non-hydrogen) atoms. The summed E-state index contributed by atoms with van der Waals surface area (Å²) in [7, 11) is 1.77. The third kappa shape index (κ3) is 2.95. The zero-order valence-electron chi connectivity index (χ0n) is 9.36. The van der Waals surface area contributed by atoms with E-state index in [9.17, 15) is 0 Å². The summed E-state index contributed by atoms with van der Waals surface area (Å²) in [5.41, 5.74) is 1.27. The molecule has 0 saturated carbocycles. The van der Waals surface area contributed by atoms with Crippen molar-refractivity contribution >= 4 is 48.7 Å². The fourth-order valence-electron chi connectivity index (χ4n) is 1.92. The molecule has 90 valence electrons. The van der Waals surface area contributed by atoms with Crippen LogP contribution in [0.1, 0.15) is 11.5 Å². The summed E-state index contributed by atoms with van der Waals surface area (Å²) >= 11 is 8.55. The average Bonchev–Trinajstić information content (AvgIpc) is 2.31. The predicted molar refractivity (Wildman–Crippen MR) is 81.3 cm³/mol. The van der Waals surface area contributed by atoms with Crippen molar-refractivity contribution in [3.63, 3.8) is 0 Å². The van der Waals surface area contributed by atoms with Gasteiger partial charge in [-0.1, -0.05) is 0 Å². The van der Waals surface area contributed by atoms with Crippen LogP contribution in [-0.2, 0) is 4.74 Å². The van der Waals surface area contributed by atoms with E-state index in [4.69, 9.17) is 4.74 Å². The fraction of sp³-hybridized carbons (Fsp3) is 0.231. The van der Waals surface area contributed by atoms with E-state index in [1.165, 1.54) is 5.56 Å². The van der Waals surface area contributed by atoms with Gasteiger partial charge in [-0.2, -0.15) is 0 Å². The molecule has 2 rings (SSSR count). The van der Waals surface area contributed by atoms with Gasteiger partial charge in [0.1, 0.15) is 0 Å². The summed E-state index contributed by atoms with van der Waals surface area (Å²) in [5, 5.41) is 0. The number of methoxy groups -OCH3 is 1. The van der Waals surface area contributed by atoms with Gasteiger partial charge in [0.15, 0.2) is 0 Å². The first-order chi connectivity index (χ1) is 8.05. The molecule has 0 saturated heterocycles. The van der Waals surface area contributed by atoms with Crippen molar-refractivity contribution in [1.29, 1.82) is 0 Å². The van der Waals surface area contributed by atoms with E-state index in [0.717, 1.165) is 8.96 Å². The van der Waals surface area contributed by atoms with Gasteiger partial charge in [0.25, 0.3) is 0 Å². The molecule has 0 aliphatic heterocycles. The number of allylic oxidation sites excluding steroid dienone is 2. The van der Waals surface area contributed by atoms with Crippen LogP contribution in [0.4, 0.5) is 0 Å². The predicted octanol–water partition coefficient (Wildman–Crippen LogP) is 3.36. The number of halogens is 2. The minimum absolute atomic E-state index is 0.242. The maximum atomic E-state index is 5.70. The van der Waals surface area contributed by atoms with Gasteiger partial charge in [0.05, 0.1) is 0 Å². The normalized spacial score (nSPS) is 28.0. The third-order valence-corrected chi connectivity index (χ3v) is 5.50. The molecular weight excluding hydrogens is 407 g/mol. The van der Waals surface area contributed by atoms with E-state index >= 15 is 0 Å². The number of benzene rings is 1. The van der Waals surface area contributed by atoms with E-state index in [1.54, 1.807) is 24.0 Å². The van der Waals surface area contributed by atoms with Gasteiger partial charge in [0, 0.05) is 0 Å². The van der Waals surface area contributed by atoms with Crippen LogP contribution in [0.15, 0.2) is 51.4 Å². The van der Waals surface area contributed by atoms with Crippen LogP contribution in [0, 0.1) is 0 Å².